The van der Waals surface area contributed by atoms with Gasteiger partial charge in [-0.1, -0.05) is 35.9 Å². The Hall–Kier alpha value is -3.29. The average molecular weight is 395 g/mol. The van der Waals surface area contributed by atoms with Gasteiger partial charge in [0.25, 0.3) is 5.69 Å². The van der Waals surface area contributed by atoms with E-state index in [1.54, 1.807) is 48.2 Å². The number of nitro groups is 1. The average Bonchev–Trinajstić information content (AvgIpc) is 3.07. The number of aromatic nitrogens is 3. The number of nitrogens with zero attached hydrogens (tertiary/aromatic N) is 4. The minimum atomic E-state index is -0.416. The van der Waals surface area contributed by atoms with Gasteiger partial charge in [0.2, 0.25) is 0 Å². The molecule has 140 valence electrons. The number of fused-ring (bicyclic) bond motifs is 1. The first-order valence-corrected chi connectivity index (χ1v) is 8.82. The Morgan fingerprint density at radius 1 is 1.14 bits per heavy atom. The second kappa shape index (κ2) is 7.38. The van der Waals surface area contributed by atoms with Gasteiger partial charge in [-0.15, -0.1) is 0 Å². The van der Waals surface area contributed by atoms with Crippen molar-refractivity contribution in [3.05, 3.63) is 81.6 Å². The van der Waals surface area contributed by atoms with Crippen molar-refractivity contribution >= 4 is 22.9 Å². The van der Waals surface area contributed by atoms with Crippen molar-refractivity contribution in [1.82, 2.24) is 14.6 Å². The predicted octanol–water partition coefficient (Wildman–Crippen LogP) is 4.77. The van der Waals surface area contributed by atoms with E-state index >= 15 is 0 Å². The van der Waals surface area contributed by atoms with E-state index < -0.39 is 4.92 Å². The smallest absolute Gasteiger partial charge is 0.270 e. The van der Waals surface area contributed by atoms with Gasteiger partial charge in [0.05, 0.1) is 28.5 Å². The fraction of sp³-hybridized carbons (Fsp3) is 0.100. The first-order chi connectivity index (χ1) is 13.6. The Kier molecular flexibility index (Phi) is 4.77. The molecule has 0 spiro atoms. The summed E-state index contributed by atoms with van der Waals surface area (Å²) in [6.07, 6.45) is 1.67. The van der Waals surface area contributed by atoms with Gasteiger partial charge < -0.3 is 4.74 Å². The molecule has 0 atom stereocenters. The van der Waals surface area contributed by atoms with E-state index in [-0.39, 0.29) is 5.69 Å². The fourth-order valence-corrected chi connectivity index (χ4v) is 3.26. The van der Waals surface area contributed by atoms with Crippen molar-refractivity contribution in [1.29, 1.82) is 0 Å². The Bertz CT molecular complexity index is 1170. The molecule has 4 rings (SSSR count). The SMILES string of the molecule is COCc1nn2c(-c3cccc([N+](=O)[O-])c3)ccnc2c1-c1ccc(Cl)cc1. The molecular formula is C20H15ClN4O3. The van der Waals surface area contributed by atoms with Crippen LogP contribution < -0.4 is 0 Å². The van der Waals surface area contributed by atoms with E-state index in [0.29, 0.717) is 28.5 Å². The van der Waals surface area contributed by atoms with Gasteiger partial charge in [0.1, 0.15) is 0 Å². The van der Waals surface area contributed by atoms with Crippen molar-refractivity contribution in [2.75, 3.05) is 7.11 Å². The number of hydrogen-bond donors (Lipinski definition) is 0. The molecule has 0 bridgehead atoms. The molecule has 4 aromatic rings. The number of ether oxygens (including phenoxy) is 1. The fourth-order valence-electron chi connectivity index (χ4n) is 3.14. The standard InChI is InChI=1S/C20H15ClN4O3/c1-28-12-17-19(13-5-7-15(21)8-6-13)20-22-10-9-18(24(20)23-17)14-3-2-4-16(11-14)25(26)27/h2-11H,12H2,1H3. The maximum absolute atomic E-state index is 11.1. The molecule has 7 nitrogen and oxygen atoms in total. The molecule has 2 aromatic heterocycles. The van der Waals surface area contributed by atoms with Crippen LogP contribution in [0.5, 0.6) is 0 Å². The molecule has 2 heterocycles. The van der Waals surface area contributed by atoms with Crippen molar-refractivity contribution in [3.63, 3.8) is 0 Å². The van der Waals surface area contributed by atoms with E-state index in [1.807, 2.05) is 12.1 Å². The summed E-state index contributed by atoms with van der Waals surface area (Å²) in [6, 6.07) is 15.6. The zero-order chi connectivity index (χ0) is 19.7. The summed E-state index contributed by atoms with van der Waals surface area (Å²) in [5.41, 5.74) is 4.50. The number of rotatable bonds is 5. The van der Waals surface area contributed by atoms with Crippen molar-refractivity contribution in [2.24, 2.45) is 0 Å². The molecule has 0 N–H and O–H groups in total. The summed E-state index contributed by atoms with van der Waals surface area (Å²) in [5.74, 6) is 0. The maximum Gasteiger partial charge on any atom is 0.270 e. The van der Waals surface area contributed by atoms with Crippen LogP contribution in [-0.4, -0.2) is 26.6 Å². The van der Waals surface area contributed by atoms with Crippen LogP contribution in [0.25, 0.3) is 28.0 Å². The Morgan fingerprint density at radius 3 is 2.64 bits per heavy atom. The zero-order valence-corrected chi connectivity index (χ0v) is 15.6. The van der Waals surface area contributed by atoms with Gasteiger partial charge in [-0.3, -0.25) is 10.1 Å². The molecule has 28 heavy (non-hydrogen) atoms. The molecule has 0 aliphatic carbocycles. The van der Waals surface area contributed by atoms with Gasteiger partial charge in [0, 0.05) is 36.0 Å². The lowest BCUT2D eigenvalue weighted by atomic mass is 10.1. The van der Waals surface area contributed by atoms with Crippen LogP contribution in [0.4, 0.5) is 5.69 Å². The number of methoxy groups -OCH3 is 1. The van der Waals surface area contributed by atoms with Gasteiger partial charge in [-0.2, -0.15) is 5.10 Å². The molecule has 0 saturated heterocycles. The highest BCUT2D eigenvalue weighted by molar-refractivity contribution is 6.30. The molecule has 0 fully saturated rings. The number of nitro benzene ring substituents is 1. The monoisotopic (exact) mass is 394 g/mol. The lowest BCUT2D eigenvalue weighted by Crippen LogP contribution is -1.97. The van der Waals surface area contributed by atoms with Crippen molar-refractivity contribution in [3.8, 4) is 22.4 Å². The van der Waals surface area contributed by atoms with Crippen LogP contribution in [0.15, 0.2) is 60.8 Å². The third kappa shape index (κ3) is 3.21. The largest absolute Gasteiger partial charge is 0.378 e. The molecular weight excluding hydrogens is 380 g/mol. The summed E-state index contributed by atoms with van der Waals surface area (Å²) in [5, 5.41) is 16.5. The van der Waals surface area contributed by atoms with Gasteiger partial charge in [0.15, 0.2) is 5.65 Å². The summed E-state index contributed by atoms with van der Waals surface area (Å²) < 4.78 is 7.01. The molecule has 0 aliphatic heterocycles. The lowest BCUT2D eigenvalue weighted by Gasteiger charge is -2.05. The third-order valence-electron chi connectivity index (χ3n) is 4.36. The number of benzene rings is 2. The molecule has 8 heteroatoms. The highest BCUT2D eigenvalue weighted by Crippen LogP contribution is 2.32. The van der Waals surface area contributed by atoms with Crippen LogP contribution in [0, 0.1) is 10.1 Å². The van der Waals surface area contributed by atoms with Crippen LogP contribution in [0.2, 0.25) is 5.02 Å². The predicted molar refractivity (Wildman–Crippen MR) is 106 cm³/mol. The van der Waals surface area contributed by atoms with Crippen molar-refractivity contribution in [2.45, 2.75) is 6.61 Å². The second-order valence-electron chi connectivity index (χ2n) is 6.13. The van der Waals surface area contributed by atoms with E-state index in [4.69, 9.17) is 16.3 Å². The van der Waals surface area contributed by atoms with Crippen LogP contribution in [0.1, 0.15) is 5.69 Å². The molecule has 0 unspecified atom stereocenters. The van der Waals surface area contributed by atoms with E-state index in [1.165, 1.54) is 12.1 Å². The first kappa shape index (κ1) is 18.1. The van der Waals surface area contributed by atoms with E-state index in [0.717, 1.165) is 16.8 Å². The quantitative estimate of drug-likeness (QED) is 0.359. The highest BCUT2D eigenvalue weighted by Gasteiger charge is 2.19. The van der Waals surface area contributed by atoms with Crippen LogP contribution in [0.3, 0.4) is 0 Å². The number of halogens is 1. The second-order valence-corrected chi connectivity index (χ2v) is 6.57. The van der Waals surface area contributed by atoms with Gasteiger partial charge in [-0.25, -0.2) is 9.50 Å². The Labute approximate surface area is 165 Å². The Morgan fingerprint density at radius 2 is 1.93 bits per heavy atom. The van der Waals surface area contributed by atoms with Crippen molar-refractivity contribution < 1.29 is 9.66 Å². The summed E-state index contributed by atoms with van der Waals surface area (Å²) >= 11 is 6.02. The Balaban J connectivity index is 1.96. The minimum absolute atomic E-state index is 0.0182. The highest BCUT2D eigenvalue weighted by atomic mass is 35.5. The third-order valence-corrected chi connectivity index (χ3v) is 4.61. The normalized spacial score (nSPS) is 11.1. The van der Waals surface area contributed by atoms with E-state index in [9.17, 15) is 10.1 Å². The van der Waals surface area contributed by atoms with E-state index in [2.05, 4.69) is 10.1 Å². The summed E-state index contributed by atoms with van der Waals surface area (Å²) in [6.45, 7) is 0.301. The topological polar surface area (TPSA) is 82.6 Å². The molecule has 0 amide bonds. The first-order valence-electron chi connectivity index (χ1n) is 8.45. The lowest BCUT2D eigenvalue weighted by molar-refractivity contribution is -0.384. The van der Waals surface area contributed by atoms with Gasteiger partial charge >= 0.3 is 0 Å². The van der Waals surface area contributed by atoms with Gasteiger partial charge in [-0.05, 0) is 23.8 Å². The molecule has 0 radical (unpaired) electrons. The summed E-state index contributed by atoms with van der Waals surface area (Å²) in [7, 11) is 1.60. The molecule has 0 saturated carbocycles. The number of non-ortho nitro benzene ring substituents is 1. The maximum atomic E-state index is 11.1. The van der Waals surface area contributed by atoms with Crippen LogP contribution >= 0.6 is 11.6 Å². The number of hydrogen-bond acceptors (Lipinski definition) is 5. The summed E-state index contributed by atoms with van der Waals surface area (Å²) in [4.78, 5) is 15.2. The molecule has 0 aliphatic rings. The molecule has 2 aromatic carbocycles. The minimum Gasteiger partial charge on any atom is -0.378 e. The zero-order valence-electron chi connectivity index (χ0n) is 14.9. The van der Waals surface area contributed by atoms with Crippen LogP contribution in [-0.2, 0) is 11.3 Å².